The zero-order chi connectivity index (χ0) is 38.7. The van der Waals surface area contributed by atoms with Gasteiger partial charge in [-0.25, -0.2) is 0 Å². The Morgan fingerprint density at radius 3 is 2.12 bits per heavy atom. The zero-order valence-corrected chi connectivity index (χ0v) is 35.9. The second kappa shape index (κ2) is 17.5. The van der Waals surface area contributed by atoms with E-state index >= 15 is 0 Å². The van der Waals surface area contributed by atoms with Crippen LogP contribution in [0, 0.1) is 56.7 Å². The number of hydrogen-bond donors (Lipinski definition) is 1. The highest BCUT2D eigenvalue weighted by molar-refractivity contribution is 5.66. The van der Waals surface area contributed by atoms with E-state index in [2.05, 4.69) is 112 Å². The molecule has 0 aliphatic heterocycles. The number of allylic oxidation sites excluding steroid dienone is 3. The van der Waals surface area contributed by atoms with Crippen molar-refractivity contribution in [1.82, 2.24) is 0 Å². The molecule has 3 fully saturated rings. The SMILES string of the molecule is C=C=C1C=C2[C@H](CC[C@H]3[C@](C)(CO)[C@@H](OCC(C)c4ccccc4)[C@H](OC(C)=O)C[C@]23C)[C@@]2(C)CC[C@](C)([C@H](C)C(C)C)[C@@H](C)[C@]12C.CC.CC.O.[HH]. The molecule has 3 saturated carbocycles. The van der Waals surface area contributed by atoms with E-state index in [1.807, 2.05) is 33.8 Å². The van der Waals surface area contributed by atoms with Gasteiger partial charge in [-0.15, -0.1) is 5.73 Å². The van der Waals surface area contributed by atoms with Gasteiger partial charge >= 0.3 is 5.97 Å². The number of carbonyl (C=O) groups is 1. The van der Waals surface area contributed by atoms with Gasteiger partial charge in [0.15, 0.2) is 0 Å². The van der Waals surface area contributed by atoms with Gasteiger partial charge in [0.1, 0.15) is 12.2 Å². The van der Waals surface area contributed by atoms with Crippen LogP contribution in [-0.2, 0) is 14.3 Å². The van der Waals surface area contributed by atoms with Crippen molar-refractivity contribution in [2.24, 2.45) is 56.7 Å². The predicted octanol–water partition coefficient (Wildman–Crippen LogP) is 11.4. The minimum Gasteiger partial charge on any atom is -0.460 e. The van der Waals surface area contributed by atoms with Gasteiger partial charge in [0.05, 0.1) is 13.2 Å². The number of carbonyl (C=O) groups excluding carboxylic acids is 1. The molecule has 5 heteroatoms. The molecule has 4 aliphatic rings. The molecule has 0 aromatic heterocycles. The zero-order valence-electron chi connectivity index (χ0n) is 35.9. The van der Waals surface area contributed by atoms with Crippen molar-refractivity contribution in [2.45, 2.75) is 154 Å². The number of benzene rings is 1. The molecule has 12 atom stereocenters. The summed E-state index contributed by atoms with van der Waals surface area (Å²) in [5.41, 5.74) is 6.79. The fourth-order valence-corrected chi connectivity index (χ4v) is 11.9. The van der Waals surface area contributed by atoms with Crippen molar-refractivity contribution in [1.29, 1.82) is 0 Å². The van der Waals surface area contributed by atoms with Crippen LogP contribution < -0.4 is 0 Å². The first-order chi connectivity index (χ1) is 24.0. The summed E-state index contributed by atoms with van der Waals surface area (Å²) in [6.45, 7) is 38.4. The van der Waals surface area contributed by atoms with E-state index in [9.17, 15) is 9.90 Å². The Balaban J connectivity index is 0.00000226. The molecule has 1 unspecified atom stereocenters. The molecule has 5 rings (SSSR count). The van der Waals surface area contributed by atoms with E-state index in [0.717, 1.165) is 12.8 Å². The third kappa shape index (κ3) is 7.30. The van der Waals surface area contributed by atoms with Gasteiger partial charge in [0.25, 0.3) is 0 Å². The number of aliphatic hydroxyl groups excluding tert-OH is 1. The lowest BCUT2D eigenvalue weighted by molar-refractivity contribution is -0.223. The lowest BCUT2D eigenvalue weighted by Crippen LogP contribution is -2.66. The number of aliphatic hydroxyl groups is 1. The maximum atomic E-state index is 12.7. The Hall–Kier alpha value is -2.17. The van der Waals surface area contributed by atoms with Crippen LogP contribution in [0.5, 0.6) is 0 Å². The monoisotopic (exact) mass is 725 g/mol. The molecule has 1 aromatic carbocycles. The molecule has 5 nitrogen and oxygen atoms in total. The summed E-state index contributed by atoms with van der Waals surface area (Å²) in [6, 6.07) is 10.4. The van der Waals surface area contributed by atoms with Crippen molar-refractivity contribution < 1.29 is 26.3 Å². The van der Waals surface area contributed by atoms with Crippen molar-refractivity contribution >= 4 is 5.97 Å². The maximum Gasteiger partial charge on any atom is 0.302 e. The largest absolute Gasteiger partial charge is 0.460 e. The normalized spacial score (nSPS) is 38.8. The van der Waals surface area contributed by atoms with Crippen molar-refractivity contribution in [2.75, 3.05) is 13.2 Å². The van der Waals surface area contributed by atoms with E-state index < -0.39 is 17.6 Å². The number of esters is 1. The summed E-state index contributed by atoms with van der Waals surface area (Å²) in [6.07, 6.45) is 6.81. The van der Waals surface area contributed by atoms with E-state index in [1.54, 1.807) is 0 Å². The molecule has 4 aliphatic carbocycles. The van der Waals surface area contributed by atoms with Gasteiger partial charge in [-0.1, -0.05) is 145 Å². The van der Waals surface area contributed by atoms with E-state index in [0.29, 0.717) is 36.7 Å². The van der Waals surface area contributed by atoms with Gasteiger partial charge in [-0.05, 0) is 83.5 Å². The minimum absolute atomic E-state index is 0. The fraction of sp³-hybridized carbons (Fsp3) is 0.745. The molecule has 298 valence electrons. The molecule has 0 radical (unpaired) electrons. The van der Waals surface area contributed by atoms with E-state index in [-0.39, 0.29) is 53.0 Å². The van der Waals surface area contributed by atoms with Gasteiger partial charge in [0, 0.05) is 30.7 Å². The molecular formula is C47H80O5. The molecule has 0 saturated heterocycles. The average molecular weight is 725 g/mol. The van der Waals surface area contributed by atoms with Crippen molar-refractivity contribution in [3.63, 3.8) is 0 Å². The Kier molecular flexibility index (Phi) is 15.5. The van der Waals surface area contributed by atoms with Crippen molar-refractivity contribution in [3.05, 3.63) is 65.4 Å². The van der Waals surface area contributed by atoms with Crippen molar-refractivity contribution in [3.8, 4) is 0 Å². The van der Waals surface area contributed by atoms with Crippen LogP contribution in [-0.4, -0.2) is 42.0 Å². The minimum atomic E-state index is -0.583. The first kappa shape index (κ1) is 46.0. The van der Waals surface area contributed by atoms with Crippen LogP contribution in [0.3, 0.4) is 0 Å². The number of rotatable bonds is 8. The Morgan fingerprint density at radius 1 is 1.00 bits per heavy atom. The molecule has 0 amide bonds. The number of hydrogen-bond acceptors (Lipinski definition) is 4. The smallest absolute Gasteiger partial charge is 0.302 e. The first-order valence-electron chi connectivity index (χ1n) is 20.5. The lowest BCUT2D eigenvalue weighted by Gasteiger charge is -2.70. The Morgan fingerprint density at radius 2 is 1.60 bits per heavy atom. The summed E-state index contributed by atoms with van der Waals surface area (Å²) >= 11 is 0. The summed E-state index contributed by atoms with van der Waals surface area (Å²) < 4.78 is 13.0. The maximum absolute atomic E-state index is 12.7. The molecule has 0 heterocycles. The summed E-state index contributed by atoms with van der Waals surface area (Å²) in [5, 5.41) is 11.3. The van der Waals surface area contributed by atoms with Crippen LogP contribution in [0.4, 0.5) is 0 Å². The van der Waals surface area contributed by atoms with Crippen LogP contribution in [0.1, 0.15) is 149 Å². The summed E-state index contributed by atoms with van der Waals surface area (Å²) in [7, 11) is 0. The fourth-order valence-electron chi connectivity index (χ4n) is 11.9. The van der Waals surface area contributed by atoms with Gasteiger partial charge < -0.3 is 20.1 Å². The predicted molar refractivity (Wildman–Crippen MR) is 220 cm³/mol. The topological polar surface area (TPSA) is 87.3 Å². The second-order valence-corrected chi connectivity index (χ2v) is 17.8. The first-order valence-corrected chi connectivity index (χ1v) is 20.5. The Labute approximate surface area is 320 Å². The van der Waals surface area contributed by atoms with E-state index in [4.69, 9.17) is 9.47 Å². The van der Waals surface area contributed by atoms with Crippen LogP contribution >= 0.6 is 0 Å². The number of ether oxygens (including phenoxy) is 2. The molecule has 0 bridgehead atoms. The third-order valence-electron chi connectivity index (χ3n) is 15.6. The average Bonchev–Trinajstić information content (AvgIpc) is 3.12. The lowest BCUT2D eigenvalue weighted by atomic mass is 9.34. The molecule has 1 aromatic rings. The number of fused-ring (bicyclic) bond motifs is 5. The summed E-state index contributed by atoms with van der Waals surface area (Å²) in [4.78, 5) is 12.7. The highest BCUT2D eigenvalue weighted by atomic mass is 16.6. The molecule has 0 spiro atoms. The van der Waals surface area contributed by atoms with Gasteiger partial charge in [-0.3, -0.25) is 4.79 Å². The highest BCUT2D eigenvalue weighted by Crippen LogP contribution is 2.75. The highest BCUT2D eigenvalue weighted by Gasteiger charge is 2.69. The van der Waals surface area contributed by atoms with Crippen LogP contribution in [0.2, 0.25) is 0 Å². The van der Waals surface area contributed by atoms with E-state index in [1.165, 1.54) is 36.5 Å². The van der Waals surface area contributed by atoms with Gasteiger partial charge in [0.2, 0.25) is 0 Å². The molecular weight excluding hydrogens is 645 g/mol. The second-order valence-electron chi connectivity index (χ2n) is 17.8. The Bertz CT molecular complexity index is 1420. The summed E-state index contributed by atoms with van der Waals surface area (Å²) in [5.74, 6) is 2.17. The quantitative estimate of drug-likeness (QED) is 0.214. The van der Waals surface area contributed by atoms with Crippen LogP contribution in [0.15, 0.2) is 59.9 Å². The van der Waals surface area contributed by atoms with Crippen LogP contribution in [0.25, 0.3) is 0 Å². The third-order valence-corrected chi connectivity index (χ3v) is 15.6. The molecule has 52 heavy (non-hydrogen) atoms. The molecule has 3 N–H and O–H groups in total. The standard InChI is InChI=1S/C43H64O4.2C2H6.H2O.H2/c1-13-33-23-35-34(42(11)22-21-39(8,29(5)27(2)3)30(6)43(33,42)12)19-20-37-40(35,9)24-36(47-31(7)45)38(41(37,10)26-44)46-25-28(4)32-17-15-14-16-18-32;2*1-2;;/h14-18,23,27-30,34,36-38,44H,1,19-22,24-26H2,2-12H3;2*1-2H3;1H2;1H/t28?,29-,30-,34+,36-,37-,38+,39-,40-,41+,42-,43-;;;;/m1..../s1. The van der Waals surface area contributed by atoms with Gasteiger partial charge in [-0.2, -0.15) is 0 Å².